The maximum Gasteiger partial charge on any atom is 0.140 e. The van der Waals surface area contributed by atoms with Crippen molar-refractivity contribution >= 4 is 28.4 Å². The van der Waals surface area contributed by atoms with Crippen molar-refractivity contribution in [1.82, 2.24) is 4.98 Å². The van der Waals surface area contributed by atoms with E-state index in [9.17, 15) is 0 Å². The number of furan rings is 1. The first-order valence-electron chi connectivity index (χ1n) is 6.55. The van der Waals surface area contributed by atoms with Gasteiger partial charge >= 0.3 is 0 Å². The van der Waals surface area contributed by atoms with Crippen molar-refractivity contribution in [2.75, 3.05) is 17.3 Å². The first-order valence-corrected chi connectivity index (χ1v) is 7.09. The van der Waals surface area contributed by atoms with Crippen LogP contribution in [0, 0.1) is 0 Å². The van der Waals surface area contributed by atoms with Crippen LogP contribution in [-0.2, 0) is 6.54 Å². The monoisotopic (exact) mass is 286 g/mol. The normalized spacial score (nSPS) is 10.8. The second-order valence-corrected chi connectivity index (χ2v) is 4.94. The Morgan fingerprint density at radius 3 is 2.75 bits per heavy atom. The van der Waals surface area contributed by atoms with Gasteiger partial charge in [0.1, 0.15) is 11.4 Å². The highest BCUT2D eigenvalue weighted by molar-refractivity contribution is 6.18. The third-order valence-corrected chi connectivity index (χ3v) is 3.40. The van der Waals surface area contributed by atoms with E-state index in [0.29, 0.717) is 5.88 Å². The van der Waals surface area contributed by atoms with Crippen LogP contribution in [-0.4, -0.2) is 17.4 Å². The summed E-state index contributed by atoms with van der Waals surface area (Å²) in [5, 5.41) is 1.02. The Kier molecular flexibility index (Phi) is 3.88. The summed E-state index contributed by atoms with van der Waals surface area (Å²) in [6.07, 6.45) is 3.46. The Hall–Kier alpha value is -2.00. The van der Waals surface area contributed by atoms with Crippen LogP contribution in [0.25, 0.3) is 11.0 Å². The van der Waals surface area contributed by atoms with Gasteiger partial charge in [0.25, 0.3) is 0 Å². The molecule has 3 aromatic rings. The van der Waals surface area contributed by atoms with Crippen molar-refractivity contribution in [2.45, 2.75) is 6.54 Å². The molecule has 102 valence electrons. The molecule has 3 nitrogen and oxygen atoms in total. The highest BCUT2D eigenvalue weighted by atomic mass is 35.5. The molecule has 2 aromatic heterocycles. The zero-order chi connectivity index (χ0) is 13.8. The predicted octanol–water partition coefficient (Wildman–Crippen LogP) is 4.07. The molecule has 0 aliphatic carbocycles. The van der Waals surface area contributed by atoms with Crippen LogP contribution in [0.2, 0.25) is 0 Å². The molecule has 3 rings (SSSR count). The standard InChI is InChI=1S/C16H15ClN2O/c17-8-10-19(12-13-4-2-1-3-5-13)16-14-7-11-20-15(14)6-9-18-16/h1-7,9,11H,8,10,12H2. The Balaban J connectivity index is 1.96. The number of rotatable bonds is 5. The van der Waals surface area contributed by atoms with Crippen molar-refractivity contribution in [3.63, 3.8) is 0 Å². The average Bonchev–Trinajstić information content (AvgIpc) is 2.96. The Labute approximate surface area is 122 Å². The van der Waals surface area contributed by atoms with E-state index in [0.717, 1.165) is 29.9 Å². The van der Waals surface area contributed by atoms with E-state index < -0.39 is 0 Å². The Morgan fingerprint density at radius 1 is 1.10 bits per heavy atom. The highest BCUT2D eigenvalue weighted by Gasteiger charge is 2.13. The van der Waals surface area contributed by atoms with E-state index in [2.05, 4.69) is 22.0 Å². The number of pyridine rings is 1. The fourth-order valence-corrected chi connectivity index (χ4v) is 2.50. The highest BCUT2D eigenvalue weighted by Crippen LogP contribution is 2.26. The molecule has 0 atom stereocenters. The molecule has 0 spiro atoms. The van der Waals surface area contributed by atoms with Gasteiger partial charge in [0, 0.05) is 25.2 Å². The molecule has 0 N–H and O–H groups in total. The van der Waals surface area contributed by atoms with Gasteiger partial charge in [-0.25, -0.2) is 4.98 Å². The van der Waals surface area contributed by atoms with Gasteiger partial charge < -0.3 is 9.32 Å². The van der Waals surface area contributed by atoms with Crippen LogP contribution in [0.15, 0.2) is 59.3 Å². The van der Waals surface area contributed by atoms with Crippen LogP contribution in [0.1, 0.15) is 5.56 Å². The second-order valence-electron chi connectivity index (χ2n) is 4.56. The summed E-state index contributed by atoms with van der Waals surface area (Å²) in [7, 11) is 0. The molecule has 4 heteroatoms. The van der Waals surface area contributed by atoms with Gasteiger partial charge in [0.05, 0.1) is 11.6 Å². The van der Waals surface area contributed by atoms with E-state index in [1.54, 1.807) is 12.5 Å². The molecule has 0 radical (unpaired) electrons. The molecule has 0 bridgehead atoms. The molecular weight excluding hydrogens is 272 g/mol. The van der Waals surface area contributed by atoms with Gasteiger partial charge in [0.15, 0.2) is 0 Å². The number of halogens is 1. The summed E-state index contributed by atoms with van der Waals surface area (Å²) < 4.78 is 5.44. The largest absolute Gasteiger partial charge is 0.464 e. The summed E-state index contributed by atoms with van der Waals surface area (Å²) in [5.74, 6) is 1.48. The summed E-state index contributed by atoms with van der Waals surface area (Å²) >= 11 is 5.94. The zero-order valence-corrected chi connectivity index (χ0v) is 11.8. The van der Waals surface area contributed by atoms with Gasteiger partial charge in [-0.3, -0.25) is 0 Å². The van der Waals surface area contributed by atoms with Crippen LogP contribution < -0.4 is 4.90 Å². The molecule has 2 heterocycles. The summed E-state index contributed by atoms with van der Waals surface area (Å²) in [5.41, 5.74) is 2.09. The van der Waals surface area contributed by atoms with E-state index in [4.69, 9.17) is 16.0 Å². The third kappa shape index (κ3) is 2.63. The van der Waals surface area contributed by atoms with Gasteiger partial charge in [0.2, 0.25) is 0 Å². The molecule has 0 aliphatic rings. The van der Waals surface area contributed by atoms with Crippen molar-refractivity contribution in [1.29, 1.82) is 0 Å². The molecule has 0 unspecified atom stereocenters. The number of benzene rings is 1. The lowest BCUT2D eigenvalue weighted by atomic mass is 10.2. The van der Waals surface area contributed by atoms with Crippen molar-refractivity contribution in [2.24, 2.45) is 0 Å². The lowest BCUT2D eigenvalue weighted by Crippen LogP contribution is -2.25. The second kappa shape index (κ2) is 5.97. The molecule has 0 saturated heterocycles. The maximum absolute atomic E-state index is 5.94. The topological polar surface area (TPSA) is 29.3 Å². The van der Waals surface area contributed by atoms with Gasteiger partial charge in [-0.15, -0.1) is 11.6 Å². The van der Waals surface area contributed by atoms with Crippen LogP contribution >= 0.6 is 11.6 Å². The number of hydrogen-bond acceptors (Lipinski definition) is 3. The Morgan fingerprint density at radius 2 is 1.95 bits per heavy atom. The fraction of sp³-hybridized carbons (Fsp3) is 0.188. The van der Waals surface area contributed by atoms with E-state index in [1.807, 2.05) is 30.3 Å². The lowest BCUT2D eigenvalue weighted by molar-refractivity contribution is 0.615. The van der Waals surface area contributed by atoms with Gasteiger partial charge in [-0.1, -0.05) is 30.3 Å². The minimum absolute atomic E-state index is 0.558. The maximum atomic E-state index is 5.94. The number of anilines is 1. The van der Waals surface area contributed by atoms with Crippen LogP contribution in [0.3, 0.4) is 0 Å². The van der Waals surface area contributed by atoms with E-state index in [-0.39, 0.29) is 0 Å². The third-order valence-electron chi connectivity index (χ3n) is 3.23. The van der Waals surface area contributed by atoms with Gasteiger partial charge in [-0.05, 0) is 17.7 Å². The first kappa shape index (κ1) is 13.0. The van der Waals surface area contributed by atoms with Gasteiger partial charge in [-0.2, -0.15) is 0 Å². The lowest BCUT2D eigenvalue weighted by Gasteiger charge is -2.23. The zero-order valence-electron chi connectivity index (χ0n) is 11.0. The molecule has 0 fully saturated rings. The number of alkyl halides is 1. The minimum atomic E-state index is 0.558. The molecule has 1 aromatic carbocycles. The molecule has 20 heavy (non-hydrogen) atoms. The molecular formula is C16H15ClN2O. The summed E-state index contributed by atoms with van der Waals surface area (Å²) in [6.45, 7) is 1.53. The van der Waals surface area contributed by atoms with Crippen molar-refractivity contribution in [3.05, 3.63) is 60.5 Å². The molecule has 0 saturated carbocycles. The molecule has 0 aliphatic heterocycles. The first-order chi connectivity index (χ1) is 9.88. The van der Waals surface area contributed by atoms with Crippen molar-refractivity contribution in [3.8, 4) is 0 Å². The molecule has 0 amide bonds. The summed E-state index contributed by atoms with van der Waals surface area (Å²) in [6, 6.07) is 14.1. The SMILES string of the molecule is ClCCN(Cc1ccccc1)c1nccc2occc12. The number of nitrogens with zero attached hydrogens (tertiary/aromatic N) is 2. The summed E-state index contributed by atoms with van der Waals surface area (Å²) in [4.78, 5) is 6.68. The fourth-order valence-electron chi connectivity index (χ4n) is 2.30. The van der Waals surface area contributed by atoms with Crippen LogP contribution in [0.5, 0.6) is 0 Å². The predicted molar refractivity (Wildman–Crippen MR) is 82.2 cm³/mol. The number of aromatic nitrogens is 1. The average molecular weight is 287 g/mol. The Bertz CT molecular complexity index is 681. The van der Waals surface area contributed by atoms with E-state index in [1.165, 1.54) is 5.56 Å². The van der Waals surface area contributed by atoms with Crippen LogP contribution in [0.4, 0.5) is 5.82 Å². The smallest absolute Gasteiger partial charge is 0.140 e. The minimum Gasteiger partial charge on any atom is -0.464 e. The quantitative estimate of drug-likeness (QED) is 0.662. The number of hydrogen-bond donors (Lipinski definition) is 0. The van der Waals surface area contributed by atoms with Crippen molar-refractivity contribution < 1.29 is 4.42 Å². The number of fused-ring (bicyclic) bond motifs is 1. The van der Waals surface area contributed by atoms with E-state index >= 15 is 0 Å².